The molecule has 0 radical (unpaired) electrons. The Morgan fingerprint density at radius 1 is 0.969 bits per heavy atom. The average molecular weight is 478 g/mol. The van der Waals surface area contributed by atoms with Crippen molar-refractivity contribution in [2.45, 2.75) is 0 Å². The number of nitrogen functional groups attached to an aromatic ring is 1. The van der Waals surface area contributed by atoms with E-state index < -0.39 is 10.0 Å². The van der Waals surface area contributed by atoms with Crippen molar-refractivity contribution >= 4 is 48.6 Å². The molecule has 0 atom stereocenters. The fourth-order valence-corrected chi connectivity index (χ4v) is 5.62. The molecule has 0 saturated carbocycles. The first-order valence-corrected chi connectivity index (χ1v) is 12.8. The molecule has 5 heterocycles. The minimum absolute atomic E-state index is 0.187. The van der Waals surface area contributed by atoms with Crippen LogP contribution in [-0.2, 0) is 14.8 Å². The number of piperazine rings is 1. The van der Waals surface area contributed by atoms with Crippen LogP contribution in [0.25, 0.3) is 21.7 Å². The van der Waals surface area contributed by atoms with Crippen molar-refractivity contribution < 1.29 is 13.2 Å². The zero-order chi connectivity index (χ0) is 22.3. The van der Waals surface area contributed by atoms with Gasteiger partial charge in [-0.05, 0) is 0 Å². The second kappa shape index (κ2) is 8.35. The van der Waals surface area contributed by atoms with E-state index in [-0.39, 0.29) is 5.95 Å². The van der Waals surface area contributed by atoms with E-state index in [9.17, 15) is 8.42 Å². The summed E-state index contributed by atoms with van der Waals surface area (Å²) >= 11 is 1.53. The molecule has 0 aromatic carbocycles. The zero-order valence-electron chi connectivity index (χ0n) is 17.5. The lowest BCUT2D eigenvalue weighted by Gasteiger charge is -2.32. The molecule has 3 aromatic rings. The van der Waals surface area contributed by atoms with Gasteiger partial charge in [-0.2, -0.15) is 9.29 Å². The average Bonchev–Trinajstić information content (AvgIpc) is 3.23. The molecule has 2 saturated heterocycles. The van der Waals surface area contributed by atoms with Crippen molar-refractivity contribution in [3.8, 4) is 11.4 Å². The maximum Gasteiger partial charge on any atom is 0.219 e. The van der Waals surface area contributed by atoms with Gasteiger partial charge in [0.2, 0.25) is 16.0 Å². The van der Waals surface area contributed by atoms with Crippen LogP contribution in [0.3, 0.4) is 0 Å². The van der Waals surface area contributed by atoms with Crippen LogP contribution < -0.4 is 15.5 Å². The lowest BCUT2D eigenvalue weighted by atomic mass is 10.3. The fourth-order valence-electron chi connectivity index (χ4n) is 3.72. The highest BCUT2D eigenvalue weighted by Gasteiger charge is 2.27. The van der Waals surface area contributed by atoms with Crippen molar-refractivity contribution in [1.82, 2.24) is 29.2 Å². The van der Waals surface area contributed by atoms with E-state index in [2.05, 4.69) is 24.8 Å². The number of ether oxygens (including phenoxy) is 1. The van der Waals surface area contributed by atoms with E-state index in [0.717, 1.165) is 28.7 Å². The summed E-state index contributed by atoms with van der Waals surface area (Å²) in [4.78, 5) is 26.7. The van der Waals surface area contributed by atoms with Gasteiger partial charge in [0.25, 0.3) is 0 Å². The van der Waals surface area contributed by atoms with Gasteiger partial charge in [-0.15, -0.1) is 0 Å². The minimum Gasteiger partial charge on any atom is -0.378 e. The molecule has 0 bridgehead atoms. The quantitative estimate of drug-likeness (QED) is 0.544. The second-order valence-electron chi connectivity index (χ2n) is 7.60. The van der Waals surface area contributed by atoms with Gasteiger partial charge >= 0.3 is 0 Å². The van der Waals surface area contributed by atoms with Gasteiger partial charge in [-0.25, -0.2) is 28.4 Å². The SMILES string of the molecule is CS(=O)(=O)N1CCN(c2nc3nc(-c4cnc(N)nc4)nc(N4CCOCC4)c3s2)CC1. The Morgan fingerprint density at radius 3 is 2.31 bits per heavy atom. The molecule has 12 nitrogen and oxygen atoms in total. The summed E-state index contributed by atoms with van der Waals surface area (Å²) in [7, 11) is -3.19. The van der Waals surface area contributed by atoms with Crippen molar-refractivity contribution in [3.63, 3.8) is 0 Å². The van der Waals surface area contributed by atoms with Crippen molar-refractivity contribution in [2.24, 2.45) is 0 Å². The Labute approximate surface area is 189 Å². The number of hydrogen-bond donors (Lipinski definition) is 1. The van der Waals surface area contributed by atoms with E-state index in [1.54, 1.807) is 12.4 Å². The number of rotatable bonds is 4. The molecule has 0 spiro atoms. The van der Waals surface area contributed by atoms with Gasteiger partial charge in [0, 0.05) is 51.7 Å². The number of nitrogens with two attached hydrogens (primary N) is 1. The van der Waals surface area contributed by atoms with E-state index in [0.29, 0.717) is 56.4 Å². The maximum atomic E-state index is 11.8. The van der Waals surface area contributed by atoms with E-state index in [1.165, 1.54) is 21.9 Å². The third-order valence-electron chi connectivity index (χ3n) is 5.44. The summed E-state index contributed by atoms with van der Waals surface area (Å²) in [5, 5.41) is 0.808. The molecule has 0 aliphatic carbocycles. The summed E-state index contributed by atoms with van der Waals surface area (Å²) in [6.07, 6.45) is 4.45. The number of thiazole rings is 1. The lowest BCUT2D eigenvalue weighted by Crippen LogP contribution is -2.48. The molecule has 0 amide bonds. The van der Waals surface area contributed by atoms with Crippen molar-refractivity contribution in [3.05, 3.63) is 12.4 Å². The van der Waals surface area contributed by atoms with Gasteiger partial charge in [0.15, 0.2) is 22.4 Å². The van der Waals surface area contributed by atoms with Gasteiger partial charge in [-0.3, -0.25) is 0 Å². The molecule has 170 valence electrons. The Balaban J connectivity index is 1.52. The first-order chi connectivity index (χ1) is 15.4. The van der Waals surface area contributed by atoms with Crippen LogP contribution in [-0.4, -0.2) is 96.4 Å². The Morgan fingerprint density at radius 2 is 1.66 bits per heavy atom. The van der Waals surface area contributed by atoms with Crippen LogP contribution in [0, 0.1) is 0 Å². The molecule has 2 N–H and O–H groups in total. The number of sulfonamides is 1. The first-order valence-electron chi connectivity index (χ1n) is 10.2. The summed E-state index contributed by atoms with van der Waals surface area (Å²) in [6, 6.07) is 0. The van der Waals surface area contributed by atoms with Gasteiger partial charge in [0.05, 0.1) is 25.0 Å². The van der Waals surface area contributed by atoms with Gasteiger partial charge in [0.1, 0.15) is 4.70 Å². The van der Waals surface area contributed by atoms with E-state index in [1.807, 2.05) is 0 Å². The molecular formula is C18H23N9O3S2. The number of morpholine rings is 1. The normalized spacial score (nSPS) is 18.4. The lowest BCUT2D eigenvalue weighted by molar-refractivity contribution is 0.122. The monoisotopic (exact) mass is 477 g/mol. The molecular weight excluding hydrogens is 454 g/mol. The standard InChI is InChI=1S/C18H23N9O3S2/c1-32(28,29)27-4-2-26(3-5-27)18-24-15-13(31-18)16(25-6-8-30-9-7-25)23-14(22-15)12-10-20-17(19)21-11-12/h10-11H,2-9H2,1H3,(H2,19,20,21). The predicted molar refractivity (Wildman–Crippen MR) is 122 cm³/mol. The second-order valence-corrected chi connectivity index (χ2v) is 10.6. The zero-order valence-corrected chi connectivity index (χ0v) is 19.1. The molecule has 2 fully saturated rings. The highest BCUT2D eigenvalue weighted by atomic mass is 32.2. The predicted octanol–water partition coefficient (Wildman–Crippen LogP) is 0.0437. The number of nitrogens with zero attached hydrogens (tertiary/aromatic N) is 8. The van der Waals surface area contributed by atoms with Crippen molar-refractivity contribution in [1.29, 1.82) is 0 Å². The van der Waals surface area contributed by atoms with Crippen LogP contribution in [0.5, 0.6) is 0 Å². The van der Waals surface area contributed by atoms with Gasteiger partial charge < -0.3 is 20.3 Å². The van der Waals surface area contributed by atoms with Gasteiger partial charge in [-0.1, -0.05) is 11.3 Å². The third kappa shape index (κ3) is 4.18. The summed E-state index contributed by atoms with van der Waals surface area (Å²) < 4.78 is 31.5. The number of fused-ring (bicyclic) bond motifs is 1. The maximum absolute atomic E-state index is 11.8. The molecule has 0 unspecified atom stereocenters. The molecule has 2 aliphatic heterocycles. The highest BCUT2D eigenvalue weighted by molar-refractivity contribution is 7.88. The number of anilines is 3. The first kappa shape index (κ1) is 21.2. The fraction of sp³-hybridized carbons (Fsp3) is 0.500. The Bertz CT molecular complexity index is 1220. The van der Waals surface area contributed by atoms with E-state index >= 15 is 0 Å². The highest BCUT2D eigenvalue weighted by Crippen LogP contribution is 2.36. The van der Waals surface area contributed by atoms with E-state index in [4.69, 9.17) is 20.4 Å². The van der Waals surface area contributed by atoms with Crippen LogP contribution >= 0.6 is 11.3 Å². The molecule has 14 heteroatoms. The topological polar surface area (TPSA) is 144 Å². The van der Waals surface area contributed by atoms with Crippen LogP contribution in [0.15, 0.2) is 12.4 Å². The Kier molecular flexibility index (Phi) is 5.53. The molecule has 3 aromatic heterocycles. The van der Waals surface area contributed by atoms with Crippen LogP contribution in [0.4, 0.5) is 16.9 Å². The minimum atomic E-state index is -3.19. The smallest absolute Gasteiger partial charge is 0.219 e. The molecule has 5 rings (SSSR count). The summed E-state index contributed by atoms with van der Waals surface area (Å²) in [6.45, 7) is 4.73. The number of aromatic nitrogens is 5. The van der Waals surface area contributed by atoms with Crippen LogP contribution in [0.2, 0.25) is 0 Å². The summed E-state index contributed by atoms with van der Waals surface area (Å²) in [5.41, 5.74) is 6.88. The molecule has 2 aliphatic rings. The third-order valence-corrected chi connectivity index (χ3v) is 7.85. The largest absolute Gasteiger partial charge is 0.378 e. The Hall–Kier alpha value is -2.68. The molecule has 32 heavy (non-hydrogen) atoms. The van der Waals surface area contributed by atoms with Crippen molar-refractivity contribution in [2.75, 3.05) is 74.3 Å². The van der Waals surface area contributed by atoms with Crippen LogP contribution in [0.1, 0.15) is 0 Å². The number of hydrogen-bond acceptors (Lipinski definition) is 12. The summed E-state index contributed by atoms with van der Waals surface area (Å²) in [5.74, 6) is 1.48.